The van der Waals surface area contributed by atoms with Crippen molar-refractivity contribution in [1.82, 2.24) is 10.6 Å². The molecule has 0 saturated carbocycles. The van der Waals surface area contributed by atoms with Crippen LogP contribution in [0, 0.1) is 18.8 Å². The van der Waals surface area contributed by atoms with Crippen LogP contribution in [0.4, 0.5) is 0 Å². The van der Waals surface area contributed by atoms with Gasteiger partial charge in [0.05, 0.1) is 6.54 Å². The summed E-state index contributed by atoms with van der Waals surface area (Å²) in [6, 6.07) is 5.10. The molecule has 0 atom stereocenters. The molecular formula is C15H18N2O3. The number of rotatable bonds is 4. The number of aliphatic hydroxyl groups excluding tert-OH is 1. The van der Waals surface area contributed by atoms with E-state index in [-0.39, 0.29) is 25.0 Å². The first-order valence-corrected chi connectivity index (χ1v) is 6.33. The molecule has 2 amide bonds. The normalized spacial score (nSPS) is 9.35. The summed E-state index contributed by atoms with van der Waals surface area (Å²) in [7, 11) is 0. The monoisotopic (exact) mass is 274 g/mol. The fourth-order valence-electron chi connectivity index (χ4n) is 1.55. The van der Waals surface area contributed by atoms with E-state index in [0.29, 0.717) is 17.7 Å². The van der Waals surface area contributed by atoms with Gasteiger partial charge in [-0.2, -0.15) is 0 Å². The van der Waals surface area contributed by atoms with Gasteiger partial charge in [-0.15, -0.1) is 0 Å². The second-order valence-corrected chi connectivity index (χ2v) is 4.13. The lowest BCUT2D eigenvalue weighted by Crippen LogP contribution is -2.36. The van der Waals surface area contributed by atoms with Crippen molar-refractivity contribution in [3.05, 3.63) is 34.9 Å². The molecule has 1 rings (SSSR count). The lowest BCUT2D eigenvalue weighted by molar-refractivity contribution is -0.120. The topological polar surface area (TPSA) is 78.4 Å². The predicted molar refractivity (Wildman–Crippen MR) is 76.2 cm³/mol. The van der Waals surface area contributed by atoms with Crippen LogP contribution in [0.1, 0.15) is 28.4 Å². The molecule has 0 spiro atoms. The molecule has 0 aliphatic heterocycles. The Morgan fingerprint density at radius 3 is 2.70 bits per heavy atom. The Labute approximate surface area is 118 Å². The molecule has 0 heterocycles. The highest BCUT2D eigenvalue weighted by Crippen LogP contribution is 2.10. The van der Waals surface area contributed by atoms with Crippen molar-refractivity contribution in [2.45, 2.75) is 13.8 Å². The number of likely N-dealkylation sites (N-methyl/N-ethyl adjacent to an activating group) is 1. The van der Waals surface area contributed by atoms with Crippen LogP contribution in [-0.4, -0.2) is 36.6 Å². The fraction of sp³-hybridized carbons (Fsp3) is 0.333. The van der Waals surface area contributed by atoms with Gasteiger partial charge in [0.15, 0.2) is 0 Å². The van der Waals surface area contributed by atoms with Gasteiger partial charge in [0, 0.05) is 17.7 Å². The van der Waals surface area contributed by atoms with Crippen LogP contribution in [0.2, 0.25) is 0 Å². The molecule has 0 aromatic heterocycles. The average Bonchev–Trinajstić information content (AvgIpc) is 2.44. The van der Waals surface area contributed by atoms with Crippen molar-refractivity contribution in [2.24, 2.45) is 0 Å². The van der Waals surface area contributed by atoms with Gasteiger partial charge >= 0.3 is 0 Å². The Morgan fingerprint density at radius 1 is 1.30 bits per heavy atom. The smallest absolute Gasteiger partial charge is 0.251 e. The van der Waals surface area contributed by atoms with E-state index in [4.69, 9.17) is 5.11 Å². The molecule has 1 aromatic carbocycles. The molecule has 0 aliphatic carbocycles. The van der Waals surface area contributed by atoms with Gasteiger partial charge in [-0.3, -0.25) is 9.59 Å². The minimum atomic E-state index is -0.330. The largest absolute Gasteiger partial charge is 0.384 e. The summed E-state index contributed by atoms with van der Waals surface area (Å²) in [6.45, 7) is 3.93. The zero-order valence-corrected chi connectivity index (χ0v) is 11.6. The lowest BCUT2D eigenvalue weighted by atomic mass is 10.0. The van der Waals surface area contributed by atoms with Gasteiger partial charge < -0.3 is 15.7 Å². The minimum absolute atomic E-state index is 0.0573. The molecule has 0 fully saturated rings. The molecule has 0 aliphatic rings. The number of amides is 2. The van der Waals surface area contributed by atoms with Gasteiger partial charge in [0.2, 0.25) is 5.91 Å². The van der Waals surface area contributed by atoms with E-state index in [1.165, 1.54) is 0 Å². The van der Waals surface area contributed by atoms with Crippen LogP contribution in [0.15, 0.2) is 18.2 Å². The van der Waals surface area contributed by atoms with Gasteiger partial charge in [0.25, 0.3) is 5.91 Å². The highest BCUT2D eigenvalue weighted by Gasteiger charge is 2.08. The van der Waals surface area contributed by atoms with E-state index < -0.39 is 0 Å². The molecule has 1 aromatic rings. The van der Waals surface area contributed by atoms with Crippen molar-refractivity contribution >= 4 is 11.8 Å². The number of carbonyl (C=O) groups excluding carboxylic acids is 2. The van der Waals surface area contributed by atoms with Crippen molar-refractivity contribution in [2.75, 3.05) is 19.7 Å². The number of hydrogen-bond donors (Lipinski definition) is 3. The number of aryl methyl sites for hydroxylation is 1. The summed E-state index contributed by atoms with van der Waals surface area (Å²) in [5, 5.41) is 13.8. The molecule has 3 N–H and O–H groups in total. The van der Waals surface area contributed by atoms with E-state index >= 15 is 0 Å². The van der Waals surface area contributed by atoms with E-state index in [1.807, 2.05) is 13.8 Å². The Balaban J connectivity index is 2.76. The number of nitrogens with one attached hydrogen (secondary N) is 2. The SMILES string of the molecule is CCNC(=O)CNC(=O)c1ccc(C)c(C#CCO)c1. The molecule has 106 valence electrons. The maximum atomic E-state index is 11.9. The van der Waals surface area contributed by atoms with Gasteiger partial charge in [-0.1, -0.05) is 17.9 Å². The first kappa shape index (κ1) is 15.7. The highest BCUT2D eigenvalue weighted by molar-refractivity contribution is 5.96. The summed E-state index contributed by atoms with van der Waals surface area (Å²) in [4.78, 5) is 23.2. The third-order valence-corrected chi connectivity index (χ3v) is 2.59. The number of aliphatic hydroxyl groups is 1. The molecular weight excluding hydrogens is 256 g/mol. The van der Waals surface area contributed by atoms with Crippen molar-refractivity contribution in [3.63, 3.8) is 0 Å². The van der Waals surface area contributed by atoms with Crippen LogP contribution in [-0.2, 0) is 4.79 Å². The van der Waals surface area contributed by atoms with Gasteiger partial charge in [0.1, 0.15) is 6.61 Å². The zero-order chi connectivity index (χ0) is 15.0. The Bertz CT molecular complexity index is 556. The van der Waals surface area contributed by atoms with Crippen molar-refractivity contribution in [1.29, 1.82) is 0 Å². The summed E-state index contributed by atoms with van der Waals surface area (Å²) in [6.07, 6.45) is 0. The summed E-state index contributed by atoms with van der Waals surface area (Å²) >= 11 is 0. The molecule has 0 unspecified atom stereocenters. The predicted octanol–water partition coefficient (Wildman–Crippen LogP) is 0.205. The number of benzene rings is 1. The number of carbonyl (C=O) groups is 2. The molecule has 0 saturated heterocycles. The van der Waals surface area contributed by atoms with E-state index in [1.54, 1.807) is 18.2 Å². The standard InChI is InChI=1S/C15H18N2O3/c1-3-16-14(19)10-17-15(20)13-7-6-11(2)12(9-13)5-4-8-18/h6-7,9,18H,3,8,10H2,1-2H3,(H,16,19)(H,17,20). The molecule has 5 nitrogen and oxygen atoms in total. The Kier molecular flexibility index (Phi) is 6.27. The third-order valence-electron chi connectivity index (χ3n) is 2.59. The van der Waals surface area contributed by atoms with E-state index in [0.717, 1.165) is 5.56 Å². The van der Waals surface area contributed by atoms with Crippen molar-refractivity contribution in [3.8, 4) is 11.8 Å². The Morgan fingerprint density at radius 2 is 2.05 bits per heavy atom. The first-order chi connectivity index (χ1) is 9.58. The summed E-state index contributed by atoms with van der Waals surface area (Å²) in [5.41, 5.74) is 2.04. The molecule has 0 radical (unpaired) electrons. The van der Waals surface area contributed by atoms with E-state index in [2.05, 4.69) is 22.5 Å². The second-order valence-electron chi connectivity index (χ2n) is 4.13. The molecule has 5 heteroatoms. The first-order valence-electron chi connectivity index (χ1n) is 6.33. The van der Waals surface area contributed by atoms with Gasteiger partial charge in [-0.25, -0.2) is 0 Å². The van der Waals surface area contributed by atoms with Crippen LogP contribution < -0.4 is 10.6 Å². The van der Waals surface area contributed by atoms with Gasteiger partial charge in [-0.05, 0) is 31.5 Å². The second kappa shape index (κ2) is 7.97. The average molecular weight is 274 g/mol. The quantitative estimate of drug-likeness (QED) is 0.687. The zero-order valence-electron chi connectivity index (χ0n) is 11.6. The van der Waals surface area contributed by atoms with Crippen LogP contribution in [0.25, 0.3) is 0 Å². The maximum Gasteiger partial charge on any atom is 0.251 e. The summed E-state index contributed by atoms with van der Waals surface area (Å²) in [5.74, 6) is 4.77. The van der Waals surface area contributed by atoms with Crippen LogP contribution >= 0.6 is 0 Å². The lowest BCUT2D eigenvalue weighted by Gasteiger charge is -2.07. The highest BCUT2D eigenvalue weighted by atomic mass is 16.2. The van der Waals surface area contributed by atoms with Crippen LogP contribution in [0.5, 0.6) is 0 Å². The molecule has 20 heavy (non-hydrogen) atoms. The maximum absolute atomic E-state index is 11.9. The van der Waals surface area contributed by atoms with Crippen LogP contribution in [0.3, 0.4) is 0 Å². The Hall–Kier alpha value is -2.32. The third kappa shape index (κ3) is 4.75. The minimum Gasteiger partial charge on any atom is -0.384 e. The fourth-order valence-corrected chi connectivity index (χ4v) is 1.55. The van der Waals surface area contributed by atoms with E-state index in [9.17, 15) is 9.59 Å². The molecule has 0 bridgehead atoms. The number of hydrogen-bond acceptors (Lipinski definition) is 3. The summed E-state index contributed by atoms with van der Waals surface area (Å²) < 4.78 is 0. The van der Waals surface area contributed by atoms with Crippen molar-refractivity contribution < 1.29 is 14.7 Å².